The van der Waals surface area contributed by atoms with E-state index in [2.05, 4.69) is 18.3 Å². The lowest BCUT2D eigenvalue weighted by molar-refractivity contribution is -0.152. The molecule has 0 fully saturated rings. The third kappa shape index (κ3) is 4.46. The van der Waals surface area contributed by atoms with E-state index in [-0.39, 0.29) is 6.04 Å². The average Bonchev–Trinajstić information content (AvgIpc) is 2.46. The highest BCUT2D eigenvalue weighted by molar-refractivity contribution is 5.36. The molecular weight excluding hydrogens is 289 g/mol. The van der Waals surface area contributed by atoms with Crippen molar-refractivity contribution in [1.82, 2.24) is 10.2 Å². The summed E-state index contributed by atoms with van der Waals surface area (Å²) in [6.45, 7) is 5.49. The fourth-order valence-electron chi connectivity index (χ4n) is 3.23. The van der Waals surface area contributed by atoms with Gasteiger partial charge in [0.15, 0.2) is 0 Å². The lowest BCUT2D eigenvalue weighted by Crippen LogP contribution is -2.41. The monoisotopic (exact) mass is 314 g/mol. The van der Waals surface area contributed by atoms with Crippen molar-refractivity contribution in [2.75, 3.05) is 19.6 Å². The van der Waals surface area contributed by atoms with Crippen molar-refractivity contribution in [3.05, 3.63) is 34.9 Å². The molecular formula is C17H25F3N2. The second-order valence-corrected chi connectivity index (χ2v) is 5.95. The van der Waals surface area contributed by atoms with Crippen LogP contribution in [0.5, 0.6) is 0 Å². The lowest BCUT2D eigenvalue weighted by atomic mass is 9.88. The Balaban J connectivity index is 2.21. The van der Waals surface area contributed by atoms with Crippen LogP contribution in [0.25, 0.3) is 0 Å². The first-order valence-electron chi connectivity index (χ1n) is 8.07. The van der Waals surface area contributed by atoms with E-state index in [9.17, 15) is 13.2 Å². The van der Waals surface area contributed by atoms with Crippen LogP contribution in [0.1, 0.15) is 49.4 Å². The molecule has 1 aliphatic rings. The molecule has 5 heteroatoms. The second-order valence-electron chi connectivity index (χ2n) is 5.95. The van der Waals surface area contributed by atoms with Gasteiger partial charge in [-0.2, -0.15) is 13.2 Å². The Morgan fingerprint density at radius 3 is 2.68 bits per heavy atom. The Bertz CT molecular complexity index is 485. The summed E-state index contributed by atoms with van der Waals surface area (Å²) in [6, 6.07) is 6.13. The smallest absolute Gasteiger partial charge is 0.313 e. The van der Waals surface area contributed by atoms with Gasteiger partial charge in [0.05, 0.1) is 6.54 Å². The van der Waals surface area contributed by atoms with Crippen LogP contribution >= 0.6 is 0 Å². The molecule has 1 atom stereocenters. The predicted octanol–water partition coefficient (Wildman–Crippen LogP) is 4.06. The Kier molecular flexibility index (Phi) is 5.87. The van der Waals surface area contributed by atoms with Crippen molar-refractivity contribution in [3.8, 4) is 0 Å². The molecule has 0 aromatic heterocycles. The maximum absolute atomic E-state index is 12.8. The summed E-state index contributed by atoms with van der Waals surface area (Å²) >= 11 is 0. The van der Waals surface area contributed by atoms with Gasteiger partial charge in [-0.1, -0.05) is 38.5 Å². The van der Waals surface area contributed by atoms with Gasteiger partial charge in [0.2, 0.25) is 0 Å². The van der Waals surface area contributed by atoms with Gasteiger partial charge < -0.3 is 5.32 Å². The van der Waals surface area contributed by atoms with Crippen LogP contribution < -0.4 is 5.32 Å². The number of hydrogen-bond acceptors (Lipinski definition) is 2. The van der Waals surface area contributed by atoms with E-state index in [1.54, 1.807) is 4.90 Å². The molecule has 0 saturated carbocycles. The number of hydrogen-bond donors (Lipinski definition) is 1. The third-order valence-electron chi connectivity index (χ3n) is 4.20. The molecule has 1 unspecified atom stereocenters. The topological polar surface area (TPSA) is 15.3 Å². The summed E-state index contributed by atoms with van der Waals surface area (Å²) < 4.78 is 38.3. The normalized spacial score (nSPS) is 19.2. The molecule has 1 aliphatic heterocycles. The van der Waals surface area contributed by atoms with Crippen LogP contribution in [0.4, 0.5) is 13.2 Å². The molecule has 22 heavy (non-hydrogen) atoms. The highest BCUT2D eigenvalue weighted by Crippen LogP contribution is 2.35. The summed E-state index contributed by atoms with van der Waals surface area (Å²) in [4.78, 5) is 1.59. The minimum absolute atomic E-state index is 0.108. The summed E-state index contributed by atoms with van der Waals surface area (Å²) in [7, 11) is 0. The highest BCUT2D eigenvalue weighted by atomic mass is 19.4. The molecule has 1 aromatic carbocycles. The van der Waals surface area contributed by atoms with Crippen LogP contribution in [-0.2, 0) is 13.0 Å². The summed E-state index contributed by atoms with van der Waals surface area (Å²) in [5.41, 5.74) is 3.50. The molecule has 0 amide bonds. The van der Waals surface area contributed by atoms with Crippen LogP contribution in [0.3, 0.4) is 0 Å². The second kappa shape index (κ2) is 7.47. The molecule has 0 aliphatic carbocycles. The van der Waals surface area contributed by atoms with Gasteiger partial charge in [-0.3, -0.25) is 4.90 Å². The zero-order chi connectivity index (χ0) is 16.2. The van der Waals surface area contributed by atoms with Crippen molar-refractivity contribution in [3.63, 3.8) is 0 Å². The highest BCUT2D eigenvalue weighted by Gasteiger charge is 2.36. The van der Waals surface area contributed by atoms with Crippen molar-refractivity contribution < 1.29 is 13.2 Å². The van der Waals surface area contributed by atoms with E-state index in [4.69, 9.17) is 0 Å². The third-order valence-corrected chi connectivity index (χ3v) is 4.20. The summed E-state index contributed by atoms with van der Waals surface area (Å²) in [5.74, 6) is 0. The molecule has 124 valence electrons. The van der Waals surface area contributed by atoms with E-state index >= 15 is 0 Å². The summed E-state index contributed by atoms with van der Waals surface area (Å²) in [5, 5.41) is 3.29. The molecule has 0 bridgehead atoms. The summed E-state index contributed by atoms with van der Waals surface area (Å²) in [6.07, 6.45) is -1.77. The largest absolute Gasteiger partial charge is 0.401 e. The zero-order valence-electron chi connectivity index (χ0n) is 13.3. The fourth-order valence-corrected chi connectivity index (χ4v) is 3.23. The molecule has 0 spiro atoms. The first-order valence-corrected chi connectivity index (χ1v) is 8.07. The molecule has 1 aromatic rings. The number of fused-ring (bicyclic) bond motifs is 1. The van der Waals surface area contributed by atoms with Gasteiger partial charge in [0.25, 0.3) is 0 Å². The maximum atomic E-state index is 12.8. The molecule has 0 radical (unpaired) electrons. The fraction of sp³-hybridized carbons (Fsp3) is 0.647. The number of alkyl halides is 3. The van der Waals surface area contributed by atoms with Gasteiger partial charge in [0, 0.05) is 19.1 Å². The minimum Gasteiger partial charge on any atom is -0.313 e. The van der Waals surface area contributed by atoms with Gasteiger partial charge >= 0.3 is 6.18 Å². The number of nitrogens with one attached hydrogen (secondary N) is 1. The predicted molar refractivity (Wildman–Crippen MR) is 82.8 cm³/mol. The quantitative estimate of drug-likeness (QED) is 0.852. The Labute approximate surface area is 130 Å². The Morgan fingerprint density at radius 1 is 1.27 bits per heavy atom. The molecule has 1 heterocycles. The van der Waals surface area contributed by atoms with E-state index in [0.717, 1.165) is 31.5 Å². The molecule has 2 nitrogen and oxygen atoms in total. The SMILES string of the molecule is CCCC1c2ccc(CNCC)cc2CCN1CC(F)(F)F. The molecule has 1 N–H and O–H groups in total. The Hall–Kier alpha value is -1.07. The van der Waals surface area contributed by atoms with E-state index < -0.39 is 12.7 Å². The van der Waals surface area contributed by atoms with E-state index in [1.807, 2.05) is 19.1 Å². The minimum atomic E-state index is -4.13. The van der Waals surface area contributed by atoms with Gasteiger partial charge in [0.1, 0.15) is 0 Å². The number of benzene rings is 1. The number of rotatable bonds is 6. The zero-order valence-corrected chi connectivity index (χ0v) is 13.3. The standard InChI is InChI=1S/C17H25F3N2/c1-3-5-16-15-7-6-13(11-21-4-2)10-14(15)8-9-22(16)12-17(18,19)20/h6-7,10,16,21H,3-5,8-9,11-12H2,1-2H3. The number of halogens is 3. The van der Waals surface area contributed by atoms with E-state index in [0.29, 0.717) is 13.0 Å². The van der Waals surface area contributed by atoms with Gasteiger partial charge in [-0.25, -0.2) is 0 Å². The van der Waals surface area contributed by atoms with Crippen LogP contribution in [-0.4, -0.2) is 30.7 Å². The van der Waals surface area contributed by atoms with E-state index in [1.165, 1.54) is 11.1 Å². The van der Waals surface area contributed by atoms with Gasteiger partial charge in [-0.15, -0.1) is 0 Å². The first kappa shape index (κ1) is 17.3. The maximum Gasteiger partial charge on any atom is 0.401 e. The lowest BCUT2D eigenvalue weighted by Gasteiger charge is -2.38. The van der Waals surface area contributed by atoms with Crippen LogP contribution in [0, 0.1) is 0 Å². The van der Waals surface area contributed by atoms with Crippen molar-refractivity contribution in [2.45, 2.75) is 51.9 Å². The number of nitrogens with zero attached hydrogens (tertiary/aromatic N) is 1. The Morgan fingerprint density at radius 2 is 2.05 bits per heavy atom. The molecule has 2 rings (SSSR count). The molecule has 0 saturated heterocycles. The first-order chi connectivity index (χ1) is 10.4. The van der Waals surface area contributed by atoms with Crippen molar-refractivity contribution in [1.29, 1.82) is 0 Å². The van der Waals surface area contributed by atoms with Crippen LogP contribution in [0.2, 0.25) is 0 Å². The average molecular weight is 314 g/mol. The van der Waals surface area contributed by atoms with Crippen molar-refractivity contribution >= 4 is 0 Å². The van der Waals surface area contributed by atoms with Crippen LogP contribution in [0.15, 0.2) is 18.2 Å². The van der Waals surface area contributed by atoms with Crippen molar-refractivity contribution in [2.24, 2.45) is 0 Å². The van der Waals surface area contributed by atoms with Gasteiger partial charge in [-0.05, 0) is 36.1 Å².